The van der Waals surface area contributed by atoms with Gasteiger partial charge >= 0.3 is 0 Å². The van der Waals surface area contributed by atoms with Crippen LogP contribution in [0, 0.1) is 13.8 Å². The van der Waals surface area contributed by atoms with Gasteiger partial charge < -0.3 is 8.94 Å². The Hall–Kier alpha value is -2.23. The van der Waals surface area contributed by atoms with E-state index in [1.807, 2.05) is 26.0 Å². The normalized spacial score (nSPS) is 11.2. The first-order chi connectivity index (χ1) is 12.6. The van der Waals surface area contributed by atoms with Gasteiger partial charge in [-0.2, -0.15) is 4.98 Å². The minimum Gasteiger partial charge on any atom is -0.410 e. The number of thioether (sulfide) groups is 1. The highest BCUT2D eigenvalue weighted by Gasteiger charge is 2.16. The van der Waals surface area contributed by atoms with E-state index in [2.05, 4.69) is 25.3 Å². The van der Waals surface area contributed by atoms with Crippen molar-refractivity contribution in [3.05, 3.63) is 45.8 Å². The zero-order valence-electron chi connectivity index (χ0n) is 13.8. The van der Waals surface area contributed by atoms with Gasteiger partial charge in [0.25, 0.3) is 17.0 Å². The molecule has 0 saturated carbocycles. The molecule has 132 valence electrons. The van der Waals surface area contributed by atoms with Crippen LogP contribution in [0.25, 0.3) is 22.2 Å². The summed E-state index contributed by atoms with van der Waals surface area (Å²) >= 11 is 8.76. The number of halogens is 1. The minimum absolute atomic E-state index is 0.444. The topological polar surface area (TPSA) is 90.7 Å². The molecule has 0 saturated heterocycles. The Bertz CT molecular complexity index is 1040. The Balaban J connectivity index is 1.43. The van der Waals surface area contributed by atoms with Crippen molar-refractivity contribution < 1.29 is 8.94 Å². The zero-order valence-corrected chi connectivity index (χ0v) is 16.2. The number of thiazole rings is 1. The molecule has 0 spiro atoms. The van der Waals surface area contributed by atoms with Crippen LogP contribution in [0.1, 0.15) is 16.5 Å². The molecule has 1 aromatic carbocycles. The maximum atomic E-state index is 5.88. The lowest BCUT2D eigenvalue weighted by Gasteiger charge is -1.93. The lowest BCUT2D eigenvalue weighted by Crippen LogP contribution is -1.84. The van der Waals surface area contributed by atoms with Gasteiger partial charge in [0.05, 0.1) is 16.5 Å². The fraction of sp³-hybridized carbons (Fsp3) is 0.188. The number of hydrogen-bond acceptors (Lipinski definition) is 9. The van der Waals surface area contributed by atoms with Gasteiger partial charge in [0.15, 0.2) is 5.82 Å². The predicted octanol–water partition coefficient (Wildman–Crippen LogP) is 4.81. The van der Waals surface area contributed by atoms with Crippen molar-refractivity contribution >= 4 is 34.7 Å². The molecule has 0 radical (unpaired) electrons. The van der Waals surface area contributed by atoms with Crippen LogP contribution in [-0.2, 0) is 5.75 Å². The summed E-state index contributed by atoms with van der Waals surface area (Å²) in [6.45, 7) is 3.87. The average molecular weight is 406 g/mol. The van der Waals surface area contributed by atoms with E-state index in [0.29, 0.717) is 33.6 Å². The van der Waals surface area contributed by atoms with Gasteiger partial charge in [0.1, 0.15) is 4.88 Å². The van der Waals surface area contributed by atoms with Crippen LogP contribution < -0.4 is 0 Å². The van der Waals surface area contributed by atoms with Gasteiger partial charge in [-0.25, -0.2) is 4.98 Å². The van der Waals surface area contributed by atoms with E-state index >= 15 is 0 Å². The molecule has 0 fully saturated rings. The summed E-state index contributed by atoms with van der Waals surface area (Å²) in [7, 11) is 0. The van der Waals surface area contributed by atoms with Crippen LogP contribution in [0.5, 0.6) is 0 Å². The highest BCUT2D eigenvalue weighted by molar-refractivity contribution is 7.98. The number of aromatic nitrogens is 5. The monoisotopic (exact) mass is 405 g/mol. The van der Waals surface area contributed by atoms with Crippen LogP contribution >= 0.6 is 34.7 Å². The third-order valence-electron chi connectivity index (χ3n) is 3.39. The Morgan fingerprint density at radius 3 is 2.62 bits per heavy atom. The highest BCUT2D eigenvalue weighted by atomic mass is 35.5. The predicted molar refractivity (Wildman–Crippen MR) is 99.2 cm³/mol. The molecule has 10 heteroatoms. The molecule has 4 aromatic rings. The fourth-order valence-electron chi connectivity index (χ4n) is 2.24. The molecule has 0 N–H and O–H groups in total. The number of nitrogens with zero attached hydrogens (tertiary/aromatic N) is 5. The first-order valence-electron chi connectivity index (χ1n) is 7.58. The molecule has 0 aliphatic heterocycles. The van der Waals surface area contributed by atoms with Crippen molar-refractivity contribution in [2.75, 3.05) is 0 Å². The molecule has 0 unspecified atom stereocenters. The smallest absolute Gasteiger partial charge is 0.277 e. The summed E-state index contributed by atoms with van der Waals surface area (Å²) in [6.07, 6.45) is 0. The first-order valence-corrected chi connectivity index (χ1v) is 9.76. The Kier molecular flexibility index (Phi) is 4.75. The second-order valence-electron chi connectivity index (χ2n) is 5.33. The van der Waals surface area contributed by atoms with E-state index in [1.54, 1.807) is 12.1 Å². The van der Waals surface area contributed by atoms with Crippen molar-refractivity contribution in [3.8, 4) is 22.2 Å². The molecule has 3 heterocycles. The molecule has 7 nitrogen and oxygen atoms in total. The fourth-order valence-corrected chi connectivity index (χ4v) is 3.81. The van der Waals surface area contributed by atoms with Crippen molar-refractivity contribution in [2.45, 2.75) is 24.8 Å². The second kappa shape index (κ2) is 7.18. The molecule has 0 amide bonds. The van der Waals surface area contributed by atoms with Crippen LogP contribution in [0.3, 0.4) is 0 Å². The summed E-state index contributed by atoms with van der Waals surface area (Å²) in [6, 6.07) is 7.21. The maximum Gasteiger partial charge on any atom is 0.277 e. The van der Waals surface area contributed by atoms with E-state index in [4.69, 9.17) is 20.5 Å². The molecular formula is C16H12ClN5O2S2. The van der Waals surface area contributed by atoms with Crippen LogP contribution in [-0.4, -0.2) is 25.3 Å². The standard InChI is InChI=1S/C16H12ClN5O2S2/c1-8-13(26-9(2)18-8)15-20-21-16(23-15)25-7-12-19-14(24-22-12)10-3-5-11(17)6-4-10/h3-6H,7H2,1-2H3. The summed E-state index contributed by atoms with van der Waals surface area (Å²) in [5.41, 5.74) is 1.70. The van der Waals surface area contributed by atoms with Crippen molar-refractivity contribution in [2.24, 2.45) is 0 Å². The van der Waals surface area contributed by atoms with Gasteiger partial charge in [-0.05, 0) is 38.1 Å². The van der Waals surface area contributed by atoms with Gasteiger partial charge in [0.2, 0.25) is 0 Å². The maximum absolute atomic E-state index is 5.88. The van der Waals surface area contributed by atoms with Gasteiger partial charge in [-0.3, -0.25) is 0 Å². The second-order valence-corrected chi connectivity index (χ2v) is 7.90. The lowest BCUT2D eigenvalue weighted by molar-refractivity contribution is 0.425. The van der Waals surface area contributed by atoms with Crippen molar-refractivity contribution in [1.82, 2.24) is 25.3 Å². The van der Waals surface area contributed by atoms with Crippen LogP contribution in [0.4, 0.5) is 0 Å². The third kappa shape index (κ3) is 3.64. The van der Waals surface area contributed by atoms with E-state index in [1.165, 1.54) is 23.1 Å². The van der Waals surface area contributed by atoms with E-state index < -0.39 is 0 Å². The summed E-state index contributed by atoms with van der Waals surface area (Å²) in [5, 5.41) is 14.2. The number of aryl methyl sites for hydroxylation is 2. The summed E-state index contributed by atoms with van der Waals surface area (Å²) in [5.74, 6) is 1.92. The third-order valence-corrected chi connectivity index (χ3v) is 5.52. The Labute approximate surface area is 161 Å². The molecule has 0 aliphatic rings. The molecular weight excluding hydrogens is 394 g/mol. The molecule has 26 heavy (non-hydrogen) atoms. The Morgan fingerprint density at radius 2 is 1.88 bits per heavy atom. The molecule has 4 rings (SSSR count). The quantitative estimate of drug-likeness (QED) is 0.437. The average Bonchev–Trinajstić information content (AvgIpc) is 3.33. The van der Waals surface area contributed by atoms with E-state index in [-0.39, 0.29) is 0 Å². The highest BCUT2D eigenvalue weighted by Crippen LogP contribution is 2.31. The minimum atomic E-state index is 0.444. The van der Waals surface area contributed by atoms with Crippen molar-refractivity contribution in [3.63, 3.8) is 0 Å². The summed E-state index contributed by atoms with van der Waals surface area (Å²) in [4.78, 5) is 9.63. The Morgan fingerprint density at radius 1 is 1.08 bits per heavy atom. The van der Waals surface area contributed by atoms with Gasteiger partial charge in [-0.1, -0.05) is 28.5 Å². The summed E-state index contributed by atoms with van der Waals surface area (Å²) < 4.78 is 11.0. The van der Waals surface area contributed by atoms with Crippen LogP contribution in [0.2, 0.25) is 5.02 Å². The molecule has 0 atom stereocenters. The lowest BCUT2D eigenvalue weighted by atomic mass is 10.2. The zero-order chi connectivity index (χ0) is 18.1. The van der Waals surface area contributed by atoms with E-state index in [0.717, 1.165) is 21.1 Å². The molecule has 0 aliphatic carbocycles. The number of hydrogen-bond donors (Lipinski definition) is 0. The molecule has 0 bridgehead atoms. The van der Waals surface area contributed by atoms with Gasteiger partial charge in [0, 0.05) is 10.6 Å². The first kappa shape index (κ1) is 17.2. The van der Waals surface area contributed by atoms with Crippen LogP contribution in [0.15, 0.2) is 38.4 Å². The number of benzene rings is 1. The molecule has 3 aromatic heterocycles. The van der Waals surface area contributed by atoms with E-state index in [9.17, 15) is 0 Å². The SMILES string of the molecule is Cc1nc(C)c(-c2nnc(SCc3noc(-c4ccc(Cl)cc4)n3)o2)s1. The number of rotatable bonds is 5. The van der Waals surface area contributed by atoms with Crippen molar-refractivity contribution in [1.29, 1.82) is 0 Å². The largest absolute Gasteiger partial charge is 0.410 e. The van der Waals surface area contributed by atoms with Gasteiger partial charge in [-0.15, -0.1) is 21.5 Å².